The molecule has 2 fully saturated rings. The summed E-state index contributed by atoms with van der Waals surface area (Å²) in [6.07, 6.45) is 0.239. The van der Waals surface area contributed by atoms with Crippen LogP contribution in [0.2, 0.25) is 0 Å². The topological polar surface area (TPSA) is 82.8 Å². The molecule has 2 aliphatic heterocycles. The number of rotatable bonds is 4. The third kappa shape index (κ3) is 3.95. The van der Waals surface area contributed by atoms with Crippen LogP contribution in [0.15, 0.2) is 59.1 Å². The average Bonchev–Trinajstić information content (AvgIpc) is 3.45. The number of amides is 2. The molecule has 0 unspecified atom stereocenters. The molecule has 0 aliphatic carbocycles. The van der Waals surface area contributed by atoms with Crippen molar-refractivity contribution in [3.05, 3.63) is 60.5 Å². The quantitative estimate of drug-likeness (QED) is 0.632. The van der Waals surface area contributed by atoms with Gasteiger partial charge in [-0.25, -0.2) is 0 Å². The van der Waals surface area contributed by atoms with Gasteiger partial charge < -0.3 is 19.2 Å². The molecular weight excluding hydrogens is 406 g/mol. The van der Waals surface area contributed by atoms with Crippen LogP contribution in [-0.2, 0) is 9.59 Å². The van der Waals surface area contributed by atoms with Gasteiger partial charge in [0.15, 0.2) is 0 Å². The van der Waals surface area contributed by atoms with E-state index >= 15 is 0 Å². The fraction of sp³-hybridized carbons (Fsp3) is 0.333. The van der Waals surface area contributed by atoms with E-state index in [0.717, 1.165) is 24.3 Å². The second-order valence-corrected chi connectivity index (χ2v) is 8.24. The fourth-order valence-electron chi connectivity index (χ4n) is 4.43. The SMILES string of the molecule is Cc1nc(-c2cccc(N3C[C@@H](C(=O)N4CCN(c5ccccc5)CC4)CC3=O)c2)no1. The number of piperazine rings is 1. The number of aromatic nitrogens is 2. The highest BCUT2D eigenvalue weighted by Crippen LogP contribution is 2.29. The van der Waals surface area contributed by atoms with E-state index in [-0.39, 0.29) is 24.2 Å². The van der Waals surface area contributed by atoms with Gasteiger partial charge in [0.1, 0.15) is 0 Å². The maximum absolute atomic E-state index is 13.2. The molecule has 3 aromatic rings. The molecule has 0 N–H and O–H groups in total. The molecule has 0 bridgehead atoms. The minimum absolute atomic E-state index is 0.0345. The number of carbonyl (C=O) groups excluding carboxylic acids is 2. The summed E-state index contributed by atoms with van der Waals surface area (Å²) in [5.41, 5.74) is 2.71. The Morgan fingerprint density at radius 1 is 1.00 bits per heavy atom. The van der Waals surface area contributed by atoms with Crippen molar-refractivity contribution in [3.63, 3.8) is 0 Å². The molecule has 2 saturated heterocycles. The summed E-state index contributed by atoms with van der Waals surface area (Å²) in [6.45, 7) is 5.07. The van der Waals surface area contributed by atoms with Crippen LogP contribution < -0.4 is 9.80 Å². The number of carbonyl (C=O) groups is 2. The monoisotopic (exact) mass is 431 g/mol. The van der Waals surface area contributed by atoms with E-state index in [2.05, 4.69) is 27.2 Å². The van der Waals surface area contributed by atoms with Crippen LogP contribution in [0, 0.1) is 12.8 Å². The highest BCUT2D eigenvalue weighted by Gasteiger charge is 2.38. The minimum Gasteiger partial charge on any atom is -0.368 e. The van der Waals surface area contributed by atoms with Crippen LogP contribution in [0.5, 0.6) is 0 Å². The van der Waals surface area contributed by atoms with E-state index in [1.54, 1.807) is 11.8 Å². The molecule has 1 atom stereocenters. The van der Waals surface area contributed by atoms with Gasteiger partial charge in [-0.15, -0.1) is 0 Å². The maximum atomic E-state index is 13.2. The second-order valence-electron chi connectivity index (χ2n) is 8.24. The van der Waals surface area contributed by atoms with Gasteiger partial charge in [0.2, 0.25) is 23.5 Å². The van der Waals surface area contributed by atoms with Gasteiger partial charge in [-0.2, -0.15) is 4.98 Å². The van der Waals surface area contributed by atoms with Crippen LogP contribution >= 0.6 is 0 Å². The van der Waals surface area contributed by atoms with Crippen LogP contribution in [0.1, 0.15) is 12.3 Å². The van der Waals surface area contributed by atoms with Gasteiger partial charge in [0, 0.05) is 63.0 Å². The summed E-state index contributed by atoms with van der Waals surface area (Å²) < 4.78 is 5.06. The zero-order valence-electron chi connectivity index (χ0n) is 18.0. The van der Waals surface area contributed by atoms with Crippen molar-refractivity contribution in [3.8, 4) is 11.4 Å². The standard InChI is InChI=1S/C24H25N5O3/c1-17-25-23(26-32-17)18-6-5-9-21(14-18)29-16-19(15-22(29)30)24(31)28-12-10-27(11-13-28)20-7-3-2-4-8-20/h2-9,14,19H,10-13,15-16H2,1H3/t19-/m0/s1. The molecule has 3 heterocycles. The van der Waals surface area contributed by atoms with Crippen LogP contribution in [0.25, 0.3) is 11.4 Å². The van der Waals surface area contributed by atoms with Crippen LogP contribution in [0.3, 0.4) is 0 Å². The molecule has 2 aromatic carbocycles. The van der Waals surface area contributed by atoms with E-state index in [1.807, 2.05) is 47.4 Å². The molecule has 0 saturated carbocycles. The van der Waals surface area contributed by atoms with Gasteiger partial charge in [-0.1, -0.05) is 35.5 Å². The Morgan fingerprint density at radius 2 is 1.75 bits per heavy atom. The van der Waals surface area contributed by atoms with Crippen molar-refractivity contribution in [2.45, 2.75) is 13.3 Å². The van der Waals surface area contributed by atoms with Gasteiger partial charge >= 0.3 is 0 Å². The summed E-state index contributed by atoms with van der Waals surface area (Å²) in [6, 6.07) is 17.7. The molecule has 0 spiro atoms. The van der Waals surface area contributed by atoms with Crippen molar-refractivity contribution in [2.75, 3.05) is 42.5 Å². The minimum atomic E-state index is -0.318. The lowest BCUT2D eigenvalue weighted by Gasteiger charge is -2.37. The molecule has 0 radical (unpaired) electrons. The van der Waals surface area contributed by atoms with Crippen molar-refractivity contribution in [1.82, 2.24) is 15.0 Å². The predicted octanol–water partition coefficient (Wildman–Crippen LogP) is 2.75. The van der Waals surface area contributed by atoms with E-state index < -0.39 is 0 Å². The summed E-state index contributed by atoms with van der Waals surface area (Å²) in [4.78, 5) is 36.1. The molecular formula is C24H25N5O3. The van der Waals surface area contributed by atoms with E-state index in [9.17, 15) is 9.59 Å². The maximum Gasteiger partial charge on any atom is 0.228 e. The van der Waals surface area contributed by atoms with Gasteiger partial charge in [0.25, 0.3) is 0 Å². The largest absolute Gasteiger partial charge is 0.368 e. The number of hydrogen-bond donors (Lipinski definition) is 0. The third-order valence-corrected chi connectivity index (χ3v) is 6.13. The Hall–Kier alpha value is -3.68. The van der Waals surface area contributed by atoms with Crippen molar-refractivity contribution >= 4 is 23.2 Å². The molecule has 164 valence electrons. The second kappa shape index (κ2) is 8.45. The first-order chi connectivity index (χ1) is 15.6. The highest BCUT2D eigenvalue weighted by atomic mass is 16.5. The lowest BCUT2D eigenvalue weighted by atomic mass is 10.1. The Morgan fingerprint density at radius 3 is 2.47 bits per heavy atom. The predicted molar refractivity (Wildman–Crippen MR) is 120 cm³/mol. The van der Waals surface area contributed by atoms with Crippen molar-refractivity contribution in [1.29, 1.82) is 0 Å². The molecule has 1 aromatic heterocycles. The summed E-state index contributed by atoms with van der Waals surface area (Å²) in [5, 5.41) is 3.95. The average molecular weight is 431 g/mol. The molecule has 8 nitrogen and oxygen atoms in total. The third-order valence-electron chi connectivity index (χ3n) is 6.13. The zero-order chi connectivity index (χ0) is 22.1. The van der Waals surface area contributed by atoms with E-state index in [4.69, 9.17) is 4.52 Å². The van der Waals surface area contributed by atoms with Gasteiger partial charge in [-0.05, 0) is 24.3 Å². The van der Waals surface area contributed by atoms with Gasteiger partial charge in [-0.3, -0.25) is 9.59 Å². The normalized spacial score (nSPS) is 19.0. The summed E-state index contributed by atoms with van der Waals surface area (Å²) >= 11 is 0. The van der Waals surface area contributed by atoms with Crippen molar-refractivity contribution in [2.24, 2.45) is 5.92 Å². The molecule has 2 amide bonds. The van der Waals surface area contributed by atoms with Crippen LogP contribution in [-0.4, -0.2) is 59.6 Å². The Balaban J connectivity index is 1.24. The first kappa shape index (κ1) is 20.2. The van der Waals surface area contributed by atoms with E-state index in [1.165, 1.54) is 5.69 Å². The number of benzene rings is 2. The smallest absolute Gasteiger partial charge is 0.228 e. The van der Waals surface area contributed by atoms with Crippen molar-refractivity contribution < 1.29 is 14.1 Å². The molecule has 2 aliphatic rings. The zero-order valence-corrected chi connectivity index (χ0v) is 18.0. The lowest BCUT2D eigenvalue weighted by molar-refractivity contribution is -0.136. The van der Waals surface area contributed by atoms with E-state index in [0.29, 0.717) is 31.3 Å². The number of anilines is 2. The molecule has 8 heteroatoms. The van der Waals surface area contributed by atoms with Gasteiger partial charge in [0.05, 0.1) is 5.92 Å². The Labute approximate surface area is 186 Å². The first-order valence-corrected chi connectivity index (χ1v) is 10.9. The summed E-state index contributed by atoms with van der Waals surface area (Å²) in [7, 11) is 0. The number of hydrogen-bond acceptors (Lipinski definition) is 6. The molecule has 32 heavy (non-hydrogen) atoms. The molecule has 5 rings (SSSR count). The Kier molecular flexibility index (Phi) is 5.34. The first-order valence-electron chi connectivity index (χ1n) is 10.9. The fourth-order valence-corrected chi connectivity index (χ4v) is 4.43. The number of para-hydroxylation sites is 1. The Bertz CT molecular complexity index is 1120. The number of nitrogens with zero attached hydrogens (tertiary/aromatic N) is 5. The number of aryl methyl sites for hydroxylation is 1. The lowest BCUT2D eigenvalue weighted by Crippen LogP contribution is -2.50. The highest BCUT2D eigenvalue weighted by molar-refractivity contribution is 6.00. The van der Waals surface area contributed by atoms with Crippen LogP contribution in [0.4, 0.5) is 11.4 Å². The summed E-state index contributed by atoms with van der Waals surface area (Å²) in [5.74, 6) is 0.689.